The highest BCUT2D eigenvalue weighted by atomic mass is 35.5. The molecule has 33 heavy (non-hydrogen) atoms. The summed E-state index contributed by atoms with van der Waals surface area (Å²) in [5.74, 6) is -2.49. The maximum absolute atomic E-state index is 13.7. The largest absolute Gasteiger partial charge is 0.480 e. The predicted octanol–water partition coefficient (Wildman–Crippen LogP) is 3.36. The van der Waals surface area contributed by atoms with E-state index >= 15 is 0 Å². The van der Waals surface area contributed by atoms with Crippen molar-refractivity contribution in [3.8, 4) is 5.88 Å². The third-order valence-electron chi connectivity index (χ3n) is 5.65. The molecule has 8 nitrogen and oxygen atoms in total. The average molecular weight is 465 g/mol. The van der Waals surface area contributed by atoms with E-state index in [1.165, 1.54) is 28.8 Å². The van der Waals surface area contributed by atoms with E-state index in [9.17, 15) is 14.4 Å². The van der Waals surface area contributed by atoms with E-state index in [-0.39, 0.29) is 22.8 Å². The number of carbonyl (C=O) groups excluding carboxylic acids is 2. The van der Waals surface area contributed by atoms with Crippen molar-refractivity contribution in [2.45, 2.75) is 13.0 Å². The molecule has 1 saturated heterocycles. The van der Waals surface area contributed by atoms with Crippen LogP contribution in [0.5, 0.6) is 5.88 Å². The molecule has 0 saturated carbocycles. The summed E-state index contributed by atoms with van der Waals surface area (Å²) in [6.45, 7) is 1.66. The lowest BCUT2D eigenvalue weighted by Gasteiger charge is -2.26. The molecule has 0 amide bonds. The van der Waals surface area contributed by atoms with Crippen molar-refractivity contribution in [3.05, 3.63) is 86.9 Å². The van der Waals surface area contributed by atoms with Crippen LogP contribution < -0.4 is 15.2 Å². The number of aromatic nitrogens is 2. The maximum atomic E-state index is 13.7. The minimum absolute atomic E-state index is 0.0857. The van der Waals surface area contributed by atoms with Gasteiger partial charge in [0.25, 0.3) is 5.56 Å². The Bertz CT molecular complexity index is 1310. The van der Waals surface area contributed by atoms with Gasteiger partial charge in [0.2, 0.25) is 5.88 Å². The number of methoxy groups -OCH3 is 1. The van der Waals surface area contributed by atoms with E-state index in [1.54, 1.807) is 56.6 Å². The lowest BCUT2D eigenvalue weighted by molar-refractivity contribution is -0.120. The zero-order valence-electron chi connectivity index (χ0n) is 18.2. The smallest absolute Gasteiger partial charge is 0.253 e. The first-order valence-corrected chi connectivity index (χ1v) is 10.5. The summed E-state index contributed by atoms with van der Waals surface area (Å²) in [6, 6.07) is 10.5. The van der Waals surface area contributed by atoms with Crippen molar-refractivity contribution in [2.75, 3.05) is 12.0 Å². The molecule has 1 fully saturated rings. The number of carbonyl (C=O) groups is 2. The molecule has 3 aromatic rings. The van der Waals surface area contributed by atoms with Gasteiger partial charge in [0.1, 0.15) is 17.8 Å². The van der Waals surface area contributed by atoms with E-state index in [2.05, 4.69) is 4.98 Å². The summed E-state index contributed by atoms with van der Waals surface area (Å²) in [4.78, 5) is 44.9. The minimum Gasteiger partial charge on any atom is -0.480 e. The maximum Gasteiger partial charge on any atom is 0.253 e. The van der Waals surface area contributed by atoms with E-state index < -0.39 is 23.5 Å². The van der Waals surface area contributed by atoms with Crippen LogP contribution in [0, 0.1) is 18.3 Å². The number of rotatable bonds is 5. The van der Waals surface area contributed by atoms with Crippen LogP contribution in [0.2, 0.25) is 5.02 Å². The predicted molar refractivity (Wildman–Crippen MR) is 124 cm³/mol. The van der Waals surface area contributed by atoms with E-state index in [1.807, 2.05) is 0 Å². The fraction of sp³-hybridized carbons (Fsp3) is 0.208. The number of pyridine rings is 2. The third-order valence-corrected chi connectivity index (χ3v) is 5.90. The molecule has 0 spiro atoms. The first-order valence-electron chi connectivity index (χ1n) is 10.1. The van der Waals surface area contributed by atoms with Gasteiger partial charge >= 0.3 is 0 Å². The molecule has 1 aromatic carbocycles. The monoisotopic (exact) mass is 464 g/mol. The van der Waals surface area contributed by atoms with Crippen molar-refractivity contribution in [1.29, 1.82) is 5.41 Å². The highest BCUT2D eigenvalue weighted by Crippen LogP contribution is 2.39. The van der Waals surface area contributed by atoms with Crippen LogP contribution in [-0.2, 0) is 11.8 Å². The van der Waals surface area contributed by atoms with Crippen LogP contribution in [0.3, 0.4) is 0 Å². The van der Waals surface area contributed by atoms with Gasteiger partial charge in [-0.25, -0.2) is 4.98 Å². The summed E-state index contributed by atoms with van der Waals surface area (Å²) in [7, 11) is 2.98. The van der Waals surface area contributed by atoms with E-state index in [4.69, 9.17) is 21.7 Å². The lowest BCUT2D eigenvalue weighted by atomic mass is 9.91. The second-order valence-corrected chi connectivity index (χ2v) is 8.20. The fourth-order valence-electron chi connectivity index (χ4n) is 4.08. The molecule has 2 atom stereocenters. The number of benzene rings is 1. The first-order chi connectivity index (χ1) is 15.7. The van der Waals surface area contributed by atoms with Crippen molar-refractivity contribution in [3.63, 3.8) is 0 Å². The third kappa shape index (κ3) is 3.82. The van der Waals surface area contributed by atoms with Crippen molar-refractivity contribution < 1.29 is 14.3 Å². The fourth-order valence-corrected chi connectivity index (χ4v) is 4.21. The zero-order valence-corrected chi connectivity index (χ0v) is 19.0. The summed E-state index contributed by atoms with van der Waals surface area (Å²) >= 11 is 6.03. The van der Waals surface area contributed by atoms with Gasteiger partial charge in [-0.2, -0.15) is 0 Å². The molecular formula is C24H21ClN4O4. The second-order valence-electron chi connectivity index (χ2n) is 7.77. The molecule has 2 aromatic heterocycles. The Kier molecular flexibility index (Phi) is 5.86. The molecule has 0 aliphatic carbocycles. The highest BCUT2D eigenvalue weighted by molar-refractivity contribution is 6.34. The highest BCUT2D eigenvalue weighted by Gasteiger charge is 2.50. The zero-order chi connectivity index (χ0) is 23.9. The Morgan fingerprint density at radius 1 is 1.18 bits per heavy atom. The normalized spacial score (nSPS) is 18.0. The number of Topliss-reactive ketones (excluding diaryl/α,β-unsaturated/α-hetero) is 2. The number of halogens is 1. The Morgan fingerprint density at radius 3 is 2.52 bits per heavy atom. The minimum atomic E-state index is -1.36. The van der Waals surface area contributed by atoms with Crippen LogP contribution in [0.25, 0.3) is 0 Å². The van der Waals surface area contributed by atoms with Gasteiger partial charge in [-0.05, 0) is 42.8 Å². The van der Waals surface area contributed by atoms with Crippen molar-refractivity contribution in [2.24, 2.45) is 13.0 Å². The van der Waals surface area contributed by atoms with Crippen LogP contribution >= 0.6 is 11.6 Å². The van der Waals surface area contributed by atoms with Gasteiger partial charge in [0.15, 0.2) is 11.6 Å². The van der Waals surface area contributed by atoms with Crippen LogP contribution in [0.1, 0.15) is 27.5 Å². The molecule has 2 unspecified atom stereocenters. The molecule has 1 aliphatic heterocycles. The van der Waals surface area contributed by atoms with Gasteiger partial charge in [-0.3, -0.25) is 19.8 Å². The van der Waals surface area contributed by atoms with Gasteiger partial charge in [0.05, 0.1) is 18.4 Å². The first kappa shape index (κ1) is 22.4. The molecule has 3 heterocycles. The number of ketones is 2. The Hall–Kier alpha value is -3.78. The molecule has 9 heteroatoms. The van der Waals surface area contributed by atoms with Crippen molar-refractivity contribution >= 4 is 34.7 Å². The number of amidine groups is 1. The van der Waals surface area contributed by atoms with Crippen molar-refractivity contribution in [1.82, 2.24) is 9.55 Å². The summed E-state index contributed by atoms with van der Waals surface area (Å²) < 4.78 is 6.59. The Morgan fingerprint density at radius 2 is 1.88 bits per heavy atom. The molecule has 1 N–H and O–H groups in total. The SMILES string of the molecule is COc1ncccc1C(=O)C1C(=N)N(c2cc(C)c(=O)n(C)c2)C(c2ccc(Cl)cc2)C1=O. The average Bonchev–Trinajstić information content (AvgIpc) is 3.07. The lowest BCUT2D eigenvalue weighted by Crippen LogP contribution is -2.32. The van der Waals surface area contributed by atoms with Crippen LogP contribution in [0.15, 0.2) is 59.7 Å². The number of ether oxygens (including phenoxy) is 1. The van der Waals surface area contributed by atoms with Gasteiger partial charge < -0.3 is 14.2 Å². The topological polar surface area (TPSA) is 105 Å². The van der Waals surface area contributed by atoms with Crippen LogP contribution in [0.4, 0.5) is 5.69 Å². The summed E-state index contributed by atoms with van der Waals surface area (Å²) in [5.41, 5.74) is 1.42. The number of nitrogens with one attached hydrogen (secondary N) is 1. The number of hydrogen-bond donors (Lipinski definition) is 1. The van der Waals surface area contributed by atoms with Crippen LogP contribution in [-0.4, -0.2) is 34.1 Å². The summed E-state index contributed by atoms with van der Waals surface area (Å²) in [6.07, 6.45) is 3.03. The number of anilines is 1. The quantitative estimate of drug-likeness (QED) is 0.458. The Balaban J connectivity index is 1.87. The summed E-state index contributed by atoms with van der Waals surface area (Å²) in [5, 5.41) is 9.36. The molecule has 4 rings (SSSR count). The Labute approximate surface area is 194 Å². The van der Waals surface area contributed by atoms with E-state index in [0.717, 1.165) is 0 Å². The molecule has 0 radical (unpaired) electrons. The molecular weight excluding hydrogens is 444 g/mol. The second kappa shape index (κ2) is 8.63. The molecule has 0 bridgehead atoms. The number of nitrogens with zero attached hydrogens (tertiary/aromatic N) is 3. The van der Waals surface area contributed by atoms with Gasteiger partial charge in [0, 0.05) is 30.0 Å². The van der Waals surface area contributed by atoms with Gasteiger partial charge in [-0.15, -0.1) is 0 Å². The molecule has 1 aliphatic rings. The van der Waals surface area contributed by atoms with E-state index in [0.29, 0.717) is 21.8 Å². The number of hydrogen-bond acceptors (Lipinski definition) is 6. The standard InChI is InChI=1S/C24H21ClN4O4/c1-13-11-16(12-28(2)24(13)32)29-19(14-6-8-15(25)9-7-14)21(31)18(22(29)26)20(30)17-5-4-10-27-23(17)33-3/h4-12,18-19,26H,1-3H3. The number of aryl methyl sites for hydroxylation is 2. The molecule has 168 valence electrons. The van der Waals surface area contributed by atoms with Gasteiger partial charge in [-0.1, -0.05) is 23.7 Å².